The number of benzene rings is 2. The molecule has 1 N–H and O–H groups in total. The average molecular weight is 281 g/mol. The van der Waals surface area contributed by atoms with Crippen molar-refractivity contribution >= 4 is 11.0 Å². The number of aryl methyl sites for hydroxylation is 1. The van der Waals surface area contributed by atoms with Gasteiger partial charge in [0, 0.05) is 12.0 Å². The van der Waals surface area contributed by atoms with E-state index in [0.717, 1.165) is 25.1 Å². The minimum Gasteiger partial charge on any atom is -0.496 e. The Balaban J connectivity index is 2.08. The number of aromatic amines is 1. The zero-order valence-corrected chi connectivity index (χ0v) is 12.6. The fourth-order valence-corrected chi connectivity index (χ4v) is 2.80. The van der Waals surface area contributed by atoms with Crippen molar-refractivity contribution in [3.8, 4) is 5.75 Å². The molecule has 0 amide bonds. The molecule has 0 aliphatic heterocycles. The summed E-state index contributed by atoms with van der Waals surface area (Å²) in [7, 11) is 1.73. The number of rotatable bonds is 5. The van der Waals surface area contributed by atoms with Gasteiger partial charge >= 0.3 is 0 Å². The molecule has 2 aromatic carbocycles. The SMILES string of the molecule is CCCc1[nH]c2ccccc2[n+]1Cc1ccccc1OC. The molecule has 3 rings (SSSR count). The Bertz CT molecular complexity index is 746. The standard InChI is InChI=1S/C18H20N2O/c1-3-8-18-19-15-10-5-6-11-16(15)20(18)13-14-9-4-7-12-17(14)21-2/h4-7,9-12H,3,8,13H2,1-2H3/p+1. The molecule has 3 aromatic rings. The van der Waals surface area contributed by atoms with Crippen molar-refractivity contribution < 1.29 is 9.30 Å². The molecule has 0 spiro atoms. The molecule has 0 fully saturated rings. The molecular weight excluding hydrogens is 260 g/mol. The Hall–Kier alpha value is -2.29. The number of nitrogens with zero attached hydrogens (tertiary/aromatic N) is 1. The molecule has 0 saturated carbocycles. The summed E-state index contributed by atoms with van der Waals surface area (Å²) in [5, 5.41) is 0. The van der Waals surface area contributed by atoms with Crippen molar-refractivity contribution in [2.45, 2.75) is 26.3 Å². The number of imidazole rings is 1. The van der Waals surface area contributed by atoms with E-state index in [-0.39, 0.29) is 0 Å². The molecule has 3 heteroatoms. The van der Waals surface area contributed by atoms with Crippen LogP contribution in [0.4, 0.5) is 0 Å². The predicted molar refractivity (Wildman–Crippen MR) is 84.6 cm³/mol. The van der Waals surface area contributed by atoms with E-state index in [0.29, 0.717) is 0 Å². The third-order valence-electron chi connectivity index (χ3n) is 3.81. The Morgan fingerprint density at radius 1 is 1.05 bits per heavy atom. The number of methoxy groups -OCH3 is 1. The number of fused-ring (bicyclic) bond motifs is 1. The van der Waals surface area contributed by atoms with Crippen LogP contribution in [0.25, 0.3) is 11.0 Å². The van der Waals surface area contributed by atoms with Crippen LogP contribution in [0, 0.1) is 0 Å². The van der Waals surface area contributed by atoms with Crippen LogP contribution in [0.2, 0.25) is 0 Å². The maximum atomic E-state index is 5.48. The lowest BCUT2D eigenvalue weighted by Gasteiger charge is -2.07. The zero-order valence-electron chi connectivity index (χ0n) is 12.6. The molecule has 0 aliphatic carbocycles. The van der Waals surface area contributed by atoms with Crippen molar-refractivity contribution in [2.75, 3.05) is 7.11 Å². The number of hydrogen-bond donors (Lipinski definition) is 1. The van der Waals surface area contributed by atoms with E-state index in [9.17, 15) is 0 Å². The first-order valence-electron chi connectivity index (χ1n) is 7.44. The molecule has 0 unspecified atom stereocenters. The molecule has 108 valence electrons. The van der Waals surface area contributed by atoms with Crippen LogP contribution in [-0.2, 0) is 13.0 Å². The lowest BCUT2D eigenvalue weighted by Crippen LogP contribution is -2.37. The fraction of sp³-hybridized carbons (Fsp3) is 0.278. The highest BCUT2D eigenvalue weighted by Gasteiger charge is 2.18. The zero-order chi connectivity index (χ0) is 14.7. The number of ether oxygens (including phenoxy) is 1. The van der Waals surface area contributed by atoms with E-state index in [1.165, 1.54) is 22.4 Å². The second-order valence-electron chi connectivity index (χ2n) is 5.24. The van der Waals surface area contributed by atoms with Gasteiger partial charge in [0.25, 0.3) is 5.82 Å². The first kappa shape index (κ1) is 13.7. The second-order valence-corrected chi connectivity index (χ2v) is 5.24. The van der Waals surface area contributed by atoms with Gasteiger partial charge in [-0.15, -0.1) is 0 Å². The van der Waals surface area contributed by atoms with E-state index in [1.54, 1.807) is 7.11 Å². The van der Waals surface area contributed by atoms with Gasteiger partial charge in [0.05, 0.1) is 7.11 Å². The highest BCUT2D eigenvalue weighted by molar-refractivity contribution is 5.71. The molecule has 0 radical (unpaired) electrons. The quantitative estimate of drug-likeness (QED) is 0.713. The summed E-state index contributed by atoms with van der Waals surface area (Å²) in [6.07, 6.45) is 2.17. The van der Waals surface area contributed by atoms with Gasteiger partial charge in [0.1, 0.15) is 12.3 Å². The monoisotopic (exact) mass is 281 g/mol. The van der Waals surface area contributed by atoms with Crippen molar-refractivity contribution in [1.29, 1.82) is 0 Å². The van der Waals surface area contributed by atoms with Crippen LogP contribution in [0.5, 0.6) is 5.75 Å². The number of hydrogen-bond acceptors (Lipinski definition) is 1. The Morgan fingerprint density at radius 3 is 2.62 bits per heavy atom. The lowest BCUT2D eigenvalue weighted by molar-refractivity contribution is -0.670. The highest BCUT2D eigenvalue weighted by atomic mass is 16.5. The third kappa shape index (κ3) is 2.64. The van der Waals surface area contributed by atoms with E-state index < -0.39 is 0 Å². The minimum absolute atomic E-state index is 0.823. The van der Waals surface area contributed by atoms with Gasteiger partial charge in [-0.25, -0.2) is 9.55 Å². The summed E-state index contributed by atoms with van der Waals surface area (Å²) >= 11 is 0. The Kier molecular flexibility index (Phi) is 3.91. The maximum Gasteiger partial charge on any atom is 0.255 e. The molecule has 3 nitrogen and oxygen atoms in total. The maximum absolute atomic E-state index is 5.48. The van der Waals surface area contributed by atoms with Crippen molar-refractivity contribution in [3.63, 3.8) is 0 Å². The van der Waals surface area contributed by atoms with Crippen molar-refractivity contribution in [3.05, 3.63) is 59.9 Å². The largest absolute Gasteiger partial charge is 0.496 e. The fourth-order valence-electron chi connectivity index (χ4n) is 2.80. The first-order chi connectivity index (χ1) is 10.3. The number of nitrogens with one attached hydrogen (secondary N) is 1. The average Bonchev–Trinajstić information content (AvgIpc) is 2.86. The topological polar surface area (TPSA) is 28.9 Å². The highest BCUT2D eigenvalue weighted by Crippen LogP contribution is 2.18. The molecule has 0 atom stereocenters. The van der Waals surface area contributed by atoms with Crippen molar-refractivity contribution in [2.24, 2.45) is 0 Å². The molecule has 0 aliphatic rings. The van der Waals surface area contributed by atoms with Gasteiger partial charge in [-0.05, 0) is 24.6 Å². The smallest absolute Gasteiger partial charge is 0.255 e. The van der Waals surface area contributed by atoms with Gasteiger partial charge in [0.2, 0.25) is 0 Å². The summed E-state index contributed by atoms with van der Waals surface area (Å²) in [4.78, 5) is 3.54. The summed E-state index contributed by atoms with van der Waals surface area (Å²) in [6, 6.07) is 16.7. The van der Waals surface area contributed by atoms with E-state index in [4.69, 9.17) is 4.74 Å². The van der Waals surface area contributed by atoms with Gasteiger partial charge in [-0.3, -0.25) is 0 Å². The second kappa shape index (κ2) is 6.00. The molecular formula is C18H21N2O+. The summed E-state index contributed by atoms with van der Waals surface area (Å²) in [5.41, 5.74) is 3.63. The van der Waals surface area contributed by atoms with Crippen molar-refractivity contribution in [1.82, 2.24) is 4.98 Å². The van der Waals surface area contributed by atoms with Crippen LogP contribution in [0.15, 0.2) is 48.5 Å². The van der Waals surface area contributed by atoms with Crippen LogP contribution in [-0.4, -0.2) is 12.1 Å². The normalized spacial score (nSPS) is 11.0. The number of aromatic nitrogens is 2. The van der Waals surface area contributed by atoms with Gasteiger partial charge < -0.3 is 4.74 Å². The first-order valence-corrected chi connectivity index (χ1v) is 7.44. The molecule has 0 saturated heterocycles. The number of para-hydroxylation sites is 3. The number of H-pyrrole nitrogens is 1. The van der Waals surface area contributed by atoms with Crippen LogP contribution >= 0.6 is 0 Å². The summed E-state index contributed by atoms with van der Waals surface area (Å²) in [6.45, 7) is 3.03. The van der Waals surface area contributed by atoms with Crippen LogP contribution in [0.1, 0.15) is 24.7 Å². The Labute approximate surface area is 125 Å². The predicted octanol–water partition coefficient (Wildman–Crippen LogP) is 3.46. The molecule has 1 heterocycles. The molecule has 21 heavy (non-hydrogen) atoms. The summed E-state index contributed by atoms with van der Waals surface area (Å²) in [5.74, 6) is 2.21. The van der Waals surface area contributed by atoms with Crippen LogP contribution in [0.3, 0.4) is 0 Å². The lowest BCUT2D eigenvalue weighted by atomic mass is 10.2. The Morgan fingerprint density at radius 2 is 1.81 bits per heavy atom. The van der Waals surface area contributed by atoms with Crippen LogP contribution < -0.4 is 9.30 Å². The van der Waals surface area contributed by atoms with Gasteiger partial charge in [-0.2, -0.15) is 0 Å². The summed E-state index contributed by atoms with van der Waals surface area (Å²) < 4.78 is 7.84. The van der Waals surface area contributed by atoms with Gasteiger partial charge in [0.15, 0.2) is 11.0 Å². The van der Waals surface area contributed by atoms with Gasteiger partial charge in [-0.1, -0.05) is 37.3 Å². The molecule has 1 aromatic heterocycles. The van der Waals surface area contributed by atoms with E-state index >= 15 is 0 Å². The third-order valence-corrected chi connectivity index (χ3v) is 3.81. The van der Waals surface area contributed by atoms with E-state index in [2.05, 4.69) is 52.9 Å². The molecule has 0 bridgehead atoms. The van der Waals surface area contributed by atoms with E-state index in [1.807, 2.05) is 12.1 Å². The minimum atomic E-state index is 0.823.